The Bertz CT molecular complexity index is 640. The van der Waals surface area contributed by atoms with Gasteiger partial charge >= 0.3 is 0 Å². The normalized spacial score (nSPS) is 12.2. The van der Waals surface area contributed by atoms with Crippen molar-refractivity contribution >= 4 is 22.4 Å². The van der Waals surface area contributed by atoms with Gasteiger partial charge in [0, 0.05) is 0 Å². The zero-order valence-corrected chi connectivity index (χ0v) is 14.1. The summed E-state index contributed by atoms with van der Waals surface area (Å²) in [7, 11) is 0. The summed E-state index contributed by atoms with van der Waals surface area (Å²) in [6.45, 7) is 7.93. The zero-order chi connectivity index (χ0) is 16.1. The van der Waals surface area contributed by atoms with Gasteiger partial charge in [-0.25, -0.2) is 0 Å². The van der Waals surface area contributed by atoms with Crippen LogP contribution in [-0.2, 0) is 11.2 Å². The molecule has 2 aromatic rings. The van der Waals surface area contributed by atoms with Gasteiger partial charge in [-0.1, -0.05) is 50.3 Å². The quantitative estimate of drug-likeness (QED) is 0.883. The van der Waals surface area contributed by atoms with Crippen LogP contribution < -0.4 is 10.1 Å². The summed E-state index contributed by atoms with van der Waals surface area (Å²) in [6, 6.07) is 7.78. The maximum atomic E-state index is 12.2. The van der Waals surface area contributed by atoms with Crippen LogP contribution in [0.15, 0.2) is 24.3 Å². The lowest BCUT2D eigenvalue weighted by atomic mass is 10.0. The van der Waals surface area contributed by atoms with E-state index >= 15 is 0 Å². The van der Waals surface area contributed by atoms with Gasteiger partial charge in [0.25, 0.3) is 5.91 Å². The minimum Gasteiger partial charge on any atom is -0.481 e. The smallest absolute Gasteiger partial charge is 0.266 e. The first-order valence-electron chi connectivity index (χ1n) is 7.40. The van der Waals surface area contributed by atoms with Crippen LogP contribution in [0.5, 0.6) is 5.75 Å². The first-order valence-corrected chi connectivity index (χ1v) is 8.21. The number of anilines is 1. The number of carbonyl (C=O) groups excluding carboxylic acids is 1. The number of carbonyl (C=O) groups is 1. The van der Waals surface area contributed by atoms with E-state index in [0.717, 1.165) is 22.7 Å². The Kier molecular flexibility index (Phi) is 5.49. The molecule has 1 heterocycles. The highest BCUT2D eigenvalue weighted by Crippen LogP contribution is 2.27. The van der Waals surface area contributed by atoms with Crippen molar-refractivity contribution in [3.05, 3.63) is 34.8 Å². The van der Waals surface area contributed by atoms with Crippen LogP contribution in [0.3, 0.4) is 0 Å². The average Bonchev–Trinajstić information content (AvgIpc) is 2.95. The van der Waals surface area contributed by atoms with Crippen molar-refractivity contribution in [1.82, 2.24) is 10.2 Å². The molecule has 1 aromatic carbocycles. The van der Waals surface area contributed by atoms with Crippen molar-refractivity contribution in [2.75, 3.05) is 5.32 Å². The molecule has 6 heteroatoms. The first kappa shape index (κ1) is 16.4. The van der Waals surface area contributed by atoms with Gasteiger partial charge in [-0.3, -0.25) is 10.1 Å². The molecule has 2 rings (SSSR count). The van der Waals surface area contributed by atoms with E-state index in [9.17, 15) is 4.79 Å². The number of benzene rings is 1. The highest BCUT2D eigenvalue weighted by atomic mass is 32.1. The van der Waals surface area contributed by atoms with Crippen molar-refractivity contribution in [2.24, 2.45) is 0 Å². The number of nitrogens with zero attached hydrogens (tertiary/aromatic N) is 2. The van der Waals surface area contributed by atoms with E-state index in [1.165, 1.54) is 11.3 Å². The molecule has 0 aliphatic rings. The highest BCUT2D eigenvalue weighted by Gasteiger charge is 2.18. The Morgan fingerprint density at radius 1 is 1.27 bits per heavy atom. The summed E-state index contributed by atoms with van der Waals surface area (Å²) >= 11 is 1.38. The minimum absolute atomic E-state index is 0.225. The Labute approximate surface area is 134 Å². The molecule has 0 aliphatic heterocycles. The standard InChI is InChI=1S/C16H21N3O2S/c1-5-14-18-19-16(22-14)17-15(20)11(4)21-13-9-7-6-8-12(13)10(2)3/h6-11H,5H2,1-4H3,(H,17,19,20)/t11-/m0/s1. The number of nitrogens with one attached hydrogen (secondary N) is 1. The molecular weight excluding hydrogens is 298 g/mol. The van der Waals surface area contributed by atoms with Gasteiger partial charge in [-0.2, -0.15) is 0 Å². The molecule has 0 spiro atoms. The van der Waals surface area contributed by atoms with Crippen molar-refractivity contribution < 1.29 is 9.53 Å². The van der Waals surface area contributed by atoms with Crippen LogP contribution in [0.1, 0.15) is 44.2 Å². The van der Waals surface area contributed by atoms with Crippen LogP contribution in [-0.4, -0.2) is 22.2 Å². The Morgan fingerprint density at radius 2 is 2.00 bits per heavy atom. The van der Waals surface area contributed by atoms with Gasteiger partial charge < -0.3 is 4.74 Å². The largest absolute Gasteiger partial charge is 0.481 e. The summed E-state index contributed by atoms with van der Waals surface area (Å²) < 4.78 is 5.82. The van der Waals surface area contributed by atoms with Crippen LogP contribution in [0.25, 0.3) is 0 Å². The Hall–Kier alpha value is -1.95. The zero-order valence-electron chi connectivity index (χ0n) is 13.3. The van der Waals surface area contributed by atoms with Crippen molar-refractivity contribution in [3.63, 3.8) is 0 Å². The van der Waals surface area contributed by atoms with Crippen LogP contribution >= 0.6 is 11.3 Å². The molecule has 1 aromatic heterocycles. The fourth-order valence-corrected chi connectivity index (χ4v) is 2.65. The van der Waals surface area contributed by atoms with Gasteiger partial charge in [0.05, 0.1) is 0 Å². The second kappa shape index (κ2) is 7.35. The second-order valence-electron chi connectivity index (χ2n) is 5.30. The maximum Gasteiger partial charge on any atom is 0.266 e. The van der Waals surface area contributed by atoms with Gasteiger partial charge in [-0.15, -0.1) is 10.2 Å². The van der Waals surface area contributed by atoms with Crippen molar-refractivity contribution in [2.45, 2.75) is 46.1 Å². The molecule has 0 fully saturated rings. The molecule has 0 saturated carbocycles. The molecule has 22 heavy (non-hydrogen) atoms. The van der Waals surface area contributed by atoms with E-state index in [0.29, 0.717) is 11.0 Å². The van der Waals surface area contributed by atoms with E-state index in [1.807, 2.05) is 31.2 Å². The average molecular weight is 319 g/mol. The number of amides is 1. The number of ether oxygens (including phenoxy) is 1. The van der Waals surface area contributed by atoms with Gasteiger partial charge in [-0.05, 0) is 30.9 Å². The molecule has 0 bridgehead atoms. The monoisotopic (exact) mass is 319 g/mol. The third-order valence-corrected chi connectivity index (χ3v) is 4.20. The molecular formula is C16H21N3O2S. The van der Waals surface area contributed by atoms with Gasteiger partial charge in [0.2, 0.25) is 5.13 Å². The third-order valence-electron chi connectivity index (χ3n) is 3.21. The molecule has 0 saturated heterocycles. The number of rotatable bonds is 6. The maximum absolute atomic E-state index is 12.2. The van der Waals surface area contributed by atoms with Crippen molar-refractivity contribution in [3.8, 4) is 5.75 Å². The molecule has 118 valence electrons. The van der Waals surface area contributed by atoms with E-state index in [2.05, 4.69) is 29.4 Å². The summed E-state index contributed by atoms with van der Waals surface area (Å²) in [4.78, 5) is 12.2. The predicted molar refractivity (Wildman–Crippen MR) is 88.5 cm³/mol. The number of hydrogen-bond donors (Lipinski definition) is 1. The fraction of sp³-hybridized carbons (Fsp3) is 0.438. The summed E-state index contributed by atoms with van der Waals surface area (Å²) in [6.07, 6.45) is 0.204. The van der Waals surface area contributed by atoms with E-state index in [4.69, 9.17) is 4.74 Å². The molecule has 1 N–H and O–H groups in total. The third kappa shape index (κ3) is 4.04. The first-order chi connectivity index (χ1) is 10.5. The van der Waals surface area contributed by atoms with E-state index in [1.54, 1.807) is 6.92 Å². The molecule has 0 aliphatic carbocycles. The molecule has 1 atom stereocenters. The second-order valence-corrected chi connectivity index (χ2v) is 6.36. The number of aromatic nitrogens is 2. The topological polar surface area (TPSA) is 64.1 Å². The van der Waals surface area contributed by atoms with Crippen LogP contribution in [0, 0.1) is 0 Å². The minimum atomic E-state index is -0.603. The predicted octanol–water partition coefficient (Wildman–Crippen LogP) is 3.63. The number of para-hydroxylation sites is 1. The highest BCUT2D eigenvalue weighted by molar-refractivity contribution is 7.15. The summed E-state index contributed by atoms with van der Waals surface area (Å²) in [5, 5.41) is 12.1. The number of hydrogen-bond acceptors (Lipinski definition) is 5. The molecule has 5 nitrogen and oxygen atoms in total. The van der Waals surface area contributed by atoms with Gasteiger partial charge in [0.15, 0.2) is 6.10 Å². The van der Waals surface area contributed by atoms with Crippen LogP contribution in [0.4, 0.5) is 5.13 Å². The Balaban J connectivity index is 2.02. The van der Waals surface area contributed by atoms with Gasteiger partial charge in [0.1, 0.15) is 10.8 Å². The summed E-state index contributed by atoms with van der Waals surface area (Å²) in [5.41, 5.74) is 1.09. The molecule has 1 amide bonds. The van der Waals surface area contributed by atoms with E-state index in [-0.39, 0.29) is 5.91 Å². The molecule has 0 radical (unpaired) electrons. The lowest BCUT2D eigenvalue weighted by molar-refractivity contribution is -0.122. The Morgan fingerprint density at radius 3 is 2.64 bits per heavy atom. The lowest BCUT2D eigenvalue weighted by Crippen LogP contribution is -2.30. The van der Waals surface area contributed by atoms with E-state index < -0.39 is 6.10 Å². The molecule has 0 unspecified atom stereocenters. The van der Waals surface area contributed by atoms with Crippen LogP contribution in [0.2, 0.25) is 0 Å². The number of aryl methyl sites for hydroxylation is 1. The SMILES string of the molecule is CCc1nnc(NC(=O)[C@H](C)Oc2ccccc2C(C)C)s1. The lowest BCUT2D eigenvalue weighted by Gasteiger charge is -2.18. The van der Waals surface area contributed by atoms with Crippen molar-refractivity contribution in [1.29, 1.82) is 0 Å². The fourth-order valence-electron chi connectivity index (χ4n) is 1.96. The summed E-state index contributed by atoms with van der Waals surface area (Å²) in [5.74, 6) is 0.853.